The third kappa shape index (κ3) is 4.13. The Morgan fingerprint density at radius 2 is 2.19 bits per heavy atom. The number of amides is 1. The summed E-state index contributed by atoms with van der Waals surface area (Å²) in [4.78, 5) is 16.1. The first-order valence-corrected chi connectivity index (χ1v) is 6.96. The van der Waals surface area contributed by atoms with Gasteiger partial charge < -0.3 is 10.4 Å². The van der Waals surface area contributed by atoms with Gasteiger partial charge in [0.25, 0.3) is 0 Å². The number of aliphatic hydroxyl groups is 1. The number of carbonyl (C=O) groups is 1. The van der Waals surface area contributed by atoms with E-state index >= 15 is 0 Å². The molecule has 0 aliphatic carbocycles. The standard InChI is InChI=1S/C15H20N4O2/c1-11(2)13(20)9-14(21)17-10-12-5-3-6-16-15(12)19-8-4-7-18-19/h3-8,11,13,20H,9-10H2,1-2H3,(H,17,21). The Bertz CT molecular complexity index is 581. The van der Waals surface area contributed by atoms with E-state index < -0.39 is 6.10 Å². The van der Waals surface area contributed by atoms with E-state index in [9.17, 15) is 9.90 Å². The molecule has 2 rings (SSSR count). The zero-order valence-electron chi connectivity index (χ0n) is 12.2. The van der Waals surface area contributed by atoms with Crippen molar-refractivity contribution in [3.63, 3.8) is 0 Å². The maximum absolute atomic E-state index is 11.8. The smallest absolute Gasteiger partial charge is 0.222 e. The molecular weight excluding hydrogens is 268 g/mol. The van der Waals surface area contributed by atoms with Crippen LogP contribution >= 0.6 is 0 Å². The molecule has 0 saturated carbocycles. The van der Waals surface area contributed by atoms with Crippen LogP contribution in [0.5, 0.6) is 0 Å². The van der Waals surface area contributed by atoms with Crippen LogP contribution in [0.15, 0.2) is 36.8 Å². The van der Waals surface area contributed by atoms with Crippen molar-refractivity contribution in [2.24, 2.45) is 5.92 Å². The SMILES string of the molecule is CC(C)C(O)CC(=O)NCc1cccnc1-n1cccn1. The highest BCUT2D eigenvalue weighted by molar-refractivity contribution is 5.76. The Kier molecular flexibility index (Phi) is 5.05. The van der Waals surface area contributed by atoms with Crippen LogP contribution in [0.25, 0.3) is 5.82 Å². The molecule has 1 atom stereocenters. The monoisotopic (exact) mass is 288 g/mol. The summed E-state index contributed by atoms with van der Waals surface area (Å²) in [6.45, 7) is 4.12. The lowest BCUT2D eigenvalue weighted by atomic mass is 10.0. The van der Waals surface area contributed by atoms with Crippen LogP contribution in [0.4, 0.5) is 0 Å². The molecule has 0 spiro atoms. The zero-order chi connectivity index (χ0) is 15.2. The number of hydrogen-bond donors (Lipinski definition) is 2. The van der Waals surface area contributed by atoms with Crippen molar-refractivity contribution in [2.45, 2.75) is 32.9 Å². The maximum Gasteiger partial charge on any atom is 0.222 e. The van der Waals surface area contributed by atoms with Crippen LogP contribution in [-0.2, 0) is 11.3 Å². The summed E-state index contributed by atoms with van der Waals surface area (Å²) >= 11 is 0. The van der Waals surface area contributed by atoms with Crippen molar-refractivity contribution in [3.8, 4) is 5.82 Å². The van der Waals surface area contributed by atoms with Gasteiger partial charge in [-0.3, -0.25) is 4.79 Å². The van der Waals surface area contributed by atoms with E-state index in [1.165, 1.54) is 0 Å². The number of nitrogens with zero attached hydrogens (tertiary/aromatic N) is 3. The van der Waals surface area contributed by atoms with Crippen molar-refractivity contribution in [1.29, 1.82) is 0 Å². The van der Waals surface area contributed by atoms with Crippen LogP contribution in [0, 0.1) is 5.92 Å². The minimum Gasteiger partial charge on any atom is -0.392 e. The lowest BCUT2D eigenvalue weighted by Crippen LogP contribution is -2.29. The number of rotatable bonds is 6. The van der Waals surface area contributed by atoms with E-state index in [-0.39, 0.29) is 18.2 Å². The molecule has 112 valence electrons. The number of aromatic nitrogens is 3. The Hall–Kier alpha value is -2.21. The van der Waals surface area contributed by atoms with Gasteiger partial charge in [-0.15, -0.1) is 0 Å². The maximum atomic E-state index is 11.8. The van der Waals surface area contributed by atoms with E-state index in [1.807, 2.05) is 32.0 Å². The summed E-state index contributed by atoms with van der Waals surface area (Å²) in [5.74, 6) is 0.576. The number of pyridine rings is 1. The molecule has 0 aliphatic heterocycles. The summed E-state index contributed by atoms with van der Waals surface area (Å²) in [7, 11) is 0. The number of carbonyl (C=O) groups excluding carboxylic acids is 1. The van der Waals surface area contributed by atoms with E-state index in [2.05, 4.69) is 15.4 Å². The van der Waals surface area contributed by atoms with Gasteiger partial charge in [0, 0.05) is 30.7 Å². The fraction of sp³-hybridized carbons (Fsp3) is 0.400. The molecule has 2 aromatic rings. The minimum atomic E-state index is -0.621. The molecule has 6 nitrogen and oxygen atoms in total. The van der Waals surface area contributed by atoms with Gasteiger partial charge in [-0.2, -0.15) is 5.10 Å². The minimum absolute atomic E-state index is 0.0637. The first-order valence-electron chi connectivity index (χ1n) is 6.96. The van der Waals surface area contributed by atoms with E-state index in [4.69, 9.17) is 0 Å². The zero-order valence-corrected chi connectivity index (χ0v) is 12.2. The van der Waals surface area contributed by atoms with Crippen LogP contribution in [0.1, 0.15) is 25.8 Å². The Balaban J connectivity index is 1.99. The van der Waals surface area contributed by atoms with E-state index in [0.717, 1.165) is 5.56 Å². The summed E-state index contributed by atoms with van der Waals surface area (Å²) < 4.78 is 1.66. The molecule has 1 amide bonds. The molecule has 2 heterocycles. The first-order chi connectivity index (χ1) is 10.1. The van der Waals surface area contributed by atoms with Crippen LogP contribution < -0.4 is 5.32 Å². The summed E-state index contributed by atoms with van der Waals surface area (Å²) in [6, 6.07) is 5.52. The molecule has 0 saturated heterocycles. The second-order valence-corrected chi connectivity index (χ2v) is 5.23. The molecule has 0 aliphatic rings. The van der Waals surface area contributed by atoms with E-state index in [1.54, 1.807) is 23.3 Å². The molecular formula is C15H20N4O2. The Morgan fingerprint density at radius 3 is 2.86 bits per heavy atom. The van der Waals surface area contributed by atoms with Gasteiger partial charge in [0.05, 0.1) is 12.5 Å². The van der Waals surface area contributed by atoms with Gasteiger partial charge in [0.15, 0.2) is 5.82 Å². The highest BCUT2D eigenvalue weighted by Gasteiger charge is 2.14. The van der Waals surface area contributed by atoms with Gasteiger partial charge in [-0.1, -0.05) is 19.9 Å². The van der Waals surface area contributed by atoms with Gasteiger partial charge in [0.2, 0.25) is 5.91 Å². The normalized spacial score (nSPS) is 12.4. The molecule has 0 aromatic carbocycles. The van der Waals surface area contributed by atoms with Gasteiger partial charge in [0.1, 0.15) is 0 Å². The lowest BCUT2D eigenvalue weighted by molar-refractivity contribution is -0.123. The topological polar surface area (TPSA) is 80.0 Å². The predicted molar refractivity (Wildman–Crippen MR) is 78.7 cm³/mol. The van der Waals surface area contributed by atoms with Crippen molar-refractivity contribution in [3.05, 3.63) is 42.4 Å². The second kappa shape index (κ2) is 6.99. The van der Waals surface area contributed by atoms with E-state index in [0.29, 0.717) is 12.4 Å². The largest absolute Gasteiger partial charge is 0.392 e. The highest BCUT2D eigenvalue weighted by Crippen LogP contribution is 2.10. The summed E-state index contributed by atoms with van der Waals surface area (Å²) in [6.07, 6.45) is 4.65. The number of nitrogens with one attached hydrogen (secondary N) is 1. The summed E-state index contributed by atoms with van der Waals surface area (Å²) in [5.41, 5.74) is 0.869. The molecule has 6 heteroatoms. The van der Waals surface area contributed by atoms with Crippen LogP contribution in [0.3, 0.4) is 0 Å². The first kappa shape index (κ1) is 15.2. The second-order valence-electron chi connectivity index (χ2n) is 5.23. The number of aliphatic hydroxyl groups excluding tert-OH is 1. The molecule has 2 aromatic heterocycles. The van der Waals surface area contributed by atoms with Crippen LogP contribution in [0.2, 0.25) is 0 Å². The number of hydrogen-bond acceptors (Lipinski definition) is 4. The van der Waals surface area contributed by atoms with Crippen molar-refractivity contribution >= 4 is 5.91 Å². The predicted octanol–water partition coefficient (Wildman–Crippen LogP) is 1.29. The van der Waals surface area contributed by atoms with Crippen LogP contribution in [-0.4, -0.2) is 31.9 Å². The molecule has 21 heavy (non-hydrogen) atoms. The Morgan fingerprint density at radius 1 is 1.38 bits per heavy atom. The van der Waals surface area contributed by atoms with Gasteiger partial charge in [-0.25, -0.2) is 9.67 Å². The fourth-order valence-electron chi connectivity index (χ4n) is 1.86. The molecule has 2 N–H and O–H groups in total. The van der Waals surface area contributed by atoms with Gasteiger partial charge >= 0.3 is 0 Å². The molecule has 0 bridgehead atoms. The molecule has 1 unspecified atom stereocenters. The third-order valence-corrected chi connectivity index (χ3v) is 3.23. The lowest BCUT2D eigenvalue weighted by Gasteiger charge is -2.14. The quantitative estimate of drug-likeness (QED) is 0.839. The Labute approximate surface area is 123 Å². The van der Waals surface area contributed by atoms with Crippen molar-refractivity contribution < 1.29 is 9.90 Å². The fourth-order valence-corrected chi connectivity index (χ4v) is 1.86. The molecule has 0 radical (unpaired) electrons. The average molecular weight is 288 g/mol. The summed E-state index contributed by atoms with van der Waals surface area (Å²) in [5, 5.41) is 16.7. The molecule has 0 fully saturated rings. The average Bonchev–Trinajstić information content (AvgIpc) is 2.99. The van der Waals surface area contributed by atoms with Crippen molar-refractivity contribution in [2.75, 3.05) is 0 Å². The van der Waals surface area contributed by atoms with Crippen molar-refractivity contribution in [1.82, 2.24) is 20.1 Å². The highest BCUT2D eigenvalue weighted by atomic mass is 16.3. The van der Waals surface area contributed by atoms with Gasteiger partial charge in [-0.05, 0) is 18.1 Å². The third-order valence-electron chi connectivity index (χ3n) is 3.23.